The highest BCUT2D eigenvalue weighted by Gasteiger charge is 2.32. The minimum absolute atomic E-state index is 0.00523. The van der Waals surface area contributed by atoms with Gasteiger partial charge in [0.05, 0.1) is 6.61 Å². The number of rotatable bonds is 1. The SMILES string of the molecule is NC(=S)[C@@H]1CN2CCC[C@@H]2CO1. The van der Waals surface area contributed by atoms with E-state index in [-0.39, 0.29) is 6.10 Å². The Hall–Kier alpha value is -0.190. The van der Waals surface area contributed by atoms with Gasteiger partial charge in [-0.05, 0) is 19.4 Å². The summed E-state index contributed by atoms with van der Waals surface area (Å²) in [5, 5.41) is 0. The second-order valence-corrected chi connectivity index (χ2v) is 3.99. The van der Waals surface area contributed by atoms with Crippen molar-refractivity contribution in [3.05, 3.63) is 0 Å². The fourth-order valence-electron chi connectivity index (χ4n) is 1.99. The number of thiocarbonyl (C=S) groups is 1. The van der Waals surface area contributed by atoms with Crippen LogP contribution in [0.25, 0.3) is 0 Å². The summed E-state index contributed by atoms with van der Waals surface area (Å²) in [4.78, 5) is 2.94. The quantitative estimate of drug-likeness (QED) is 0.591. The van der Waals surface area contributed by atoms with E-state index in [2.05, 4.69) is 4.90 Å². The lowest BCUT2D eigenvalue weighted by atomic mass is 10.2. The van der Waals surface area contributed by atoms with Gasteiger partial charge < -0.3 is 10.5 Å². The summed E-state index contributed by atoms with van der Waals surface area (Å²) >= 11 is 4.90. The minimum Gasteiger partial charge on any atom is -0.391 e. The molecule has 2 aliphatic heterocycles. The first-order chi connectivity index (χ1) is 5.77. The number of hydrogen-bond donors (Lipinski definition) is 1. The highest BCUT2D eigenvalue weighted by Crippen LogP contribution is 2.22. The second kappa shape index (κ2) is 3.28. The molecule has 4 heteroatoms. The molecule has 2 atom stereocenters. The van der Waals surface area contributed by atoms with Gasteiger partial charge in [0, 0.05) is 12.6 Å². The second-order valence-electron chi connectivity index (χ2n) is 3.52. The van der Waals surface area contributed by atoms with Crippen molar-refractivity contribution in [1.82, 2.24) is 4.90 Å². The van der Waals surface area contributed by atoms with Crippen LogP contribution in [0, 0.1) is 0 Å². The third-order valence-corrected chi connectivity index (χ3v) is 2.97. The zero-order valence-electron chi connectivity index (χ0n) is 7.03. The molecule has 2 rings (SSSR count). The van der Waals surface area contributed by atoms with E-state index in [9.17, 15) is 0 Å². The molecule has 12 heavy (non-hydrogen) atoms. The van der Waals surface area contributed by atoms with E-state index in [0.717, 1.165) is 13.2 Å². The van der Waals surface area contributed by atoms with Gasteiger partial charge in [-0.2, -0.15) is 0 Å². The van der Waals surface area contributed by atoms with Crippen LogP contribution in [-0.2, 0) is 4.74 Å². The smallest absolute Gasteiger partial charge is 0.120 e. The molecule has 0 spiro atoms. The molecular weight excluding hydrogens is 172 g/mol. The van der Waals surface area contributed by atoms with E-state index < -0.39 is 0 Å². The van der Waals surface area contributed by atoms with Crippen LogP contribution in [0.3, 0.4) is 0 Å². The Labute approximate surface area is 77.9 Å². The molecule has 0 unspecified atom stereocenters. The third-order valence-electron chi connectivity index (χ3n) is 2.71. The first-order valence-corrected chi connectivity index (χ1v) is 4.83. The van der Waals surface area contributed by atoms with E-state index >= 15 is 0 Å². The molecule has 0 saturated carbocycles. The number of hydrogen-bond acceptors (Lipinski definition) is 3. The third kappa shape index (κ3) is 1.46. The van der Waals surface area contributed by atoms with E-state index in [4.69, 9.17) is 22.7 Å². The molecule has 0 amide bonds. The fourth-order valence-corrected chi connectivity index (χ4v) is 2.13. The highest BCUT2D eigenvalue weighted by molar-refractivity contribution is 7.80. The van der Waals surface area contributed by atoms with Crippen molar-refractivity contribution in [3.8, 4) is 0 Å². The summed E-state index contributed by atoms with van der Waals surface area (Å²) in [6.07, 6.45) is 2.55. The normalized spacial score (nSPS) is 36.3. The average molecular weight is 186 g/mol. The number of nitrogens with two attached hydrogens (primary N) is 1. The van der Waals surface area contributed by atoms with E-state index in [1.165, 1.54) is 19.4 Å². The molecule has 0 radical (unpaired) electrons. The summed E-state index contributed by atoms with van der Waals surface area (Å²) in [6.45, 7) is 2.90. The summed E-state index contributed by atoms with van der Waals surface area (Å²) in [6, 6.07) is 0.635. The van der Waals surface area contributed by atoms with Gasteiger partial charge in [-0.1, -0.05) is 12.2 Å². The Balaban J connectivity index is 1.96. The van der Waals surface area contributed by atoms with Gasteiger partial charge in [-0.3, -0.25) is 4.90 Å². The highest BCUT2D eigenvalue weighted by atomic mass is 32.1. The average Bonchev–Trinajstić information content (AvgIpc) is 2.49. The van der Waals surface area contributed by atoms with Crippen molar-refractivity contribution in [2.45, 2.75) is 25.0 Å². The monoisotopic (exact) mass is 186 g/mol. The van der Waals surface area contributed by atoms with Crippen LogP contribution >= 0.6 is 12.2 Å². The maximum atomic E-state index is 5.55. The molecule has 3 nitrogen and oxygen atoms in total. The Morgan fingerprint density at radius 2 is 2.42 bits per heavy atom. The lowest BCUT2D eigenvalue weighted by Crippen LogP contribution is -2.50. The van der Waals surface area contributed by atoms with Crippen LogP contribution in [0.5, 0.6) is 0 Å². The molecule has 2 N–H and O–H groups in total. The van der Waals surface area contributed by atoms with Crippen molar-refractivity contribution in [1.29, 1.82) is 0 Å². The number of ether oxygens (including phenoxy) is 1. The van der Waals surface area contributed by atoms with E-state index in [1.54, 1.807) is 0 Å². The lowest BCUT2D eigenvalue weighted by molar-refractivity contribution is -0.0155. The van der Waals surface area contributed by atoms with E-state index in [0.29, 0.717) is 11.0 Å². The minimum atomic E-state index is -0.00523. The first-order valence-electron chi connectivity index (χ1n) is 4.42. The molecular formula is C8H14N2OS. The van der Waals surface area contributed by atoms with Crippen molar-refractivity contribution >= 4 is 17.2 Å². The van der Waals surface area contributed by atoms with Gasteiger partial charge >= 0.3 is 0 Å². The number of nitrogens with zero attached hydrogens (tertiary/aromatic N) is 1. The molecule has 0 bridgehead atoms. The first kappa shape index (κ1) is 8.41. The molecule has 0 aromatic rings. The van der Waals surface area contributed by atoms with Crippen molar-refractivity contribution in [2.75, 3.05) is 19.7 Å². The summed E-state index contributed by atoms with van der Waals surface area (Å²) in [5.74, 6) is 0. The van der Waals surface area contributed by atoms with Crippen LogP contribution in [0.15, 0.2) is 0 Å². The predicted molar refractivity (Wildman–Crippen MR) is 51.1 cm³/mol. The lowest BCUT2D eigenvalue weighted by Gasteiger charge is -2.34. The maximum Gasteiger partial charge on any atom is 0.120 e. The van der Waals surface area contributed by atoms with Crippen LogP contribution in [0.4, 0.5) is 0 Å². The summed E-state index contributed by atoms with van der Waals surface area (Å²) in [5.41, 5.74) is 5.53. The van der Waals surface area contributed by atoms with Gasteiger partial charge in [-0.15, -0.1) is 0 Å². The molecule has 2 aliphatic rings. The van der Waals surface area contributed by atoms with Crippen LogP contribution < -0.4 is 5.73 Å². The Morgan fingerprint density at radius 3 is 3.17 bits per heavy atom. The van der Waals surface area contributed by atoms with Gasteiger partial charge in [0.25, 0.3) is 0 Å². The molecule has 0 aromatic carbocycles. The molecule has 2 saturated heterocycles. The Morgan fingerprint density at radius 1 is 1.58 bits per heavy atom. The van der Waals surface area contributed by atoms with Crippen molar-refractivity contribution in [3.63, 3.8) is 0 Å². The standard InChI is InChI=1S/C8H14N2OS/c9-8(12)7-4-10-3-1-2-6(10)5-11-7/h6-7H,1-5H2,(H2,9,12)/t6-,7+/m1/s1. The molecule has 0 aromatic heterocycles. The van der Waals surface area contributed by atoms with Gasteiger partial charge in [0.1, 0.15) is 11.1 Å². The zero-order valence-corrected chi connectivity index (χ0v) is 7.85. The predicted octanol–water partition coefficient (Wildman–Crippen LogP) is 0.136. The van der Waals surface area contributed by atoms with E-state index in [1.807, 2.05) is 0 Å². The van der Waals surface area contributed by atoms with Gasteiger partial charge in [0.15, 0.2) is 0 Å². The van der Waals surface area contributed by atoms with Gasteiger partial charge in [-0.25, -0.2) is 0 Å². The maximum absolute atomic E-state index is 5.55. The Kier molecular flexibility index (Phi) is 2.30. The molecule has 2 heterocycles. The molecule has 0 aliphatic carbocycles. The van der Waals surface area contributed by atoms with Gasteiger partial charge in [0.2, 0.25) is 0 Å². The summed E-state index contributed by atoms with van der Waals surface area (Å²) in [7, 11) is 0. The van der Waals surface area contributed by atoms with Crippen LogP contribution in [-0.4, -0.2) is 41.7 Å². The topological polar surface area (TPSA) is 38.5 Å². The summed E-state index contributed by atoms with van der Waals surface area (Å²) < 4.78 is 5.55. The number of fused-ring (bicyclic) bond motifs is 1. The molecule has 68 valence electrons. The number of morpholine rings is 1. The Bertz CT molecular complexity index is 197. The zero-order chi connectivity index (χ0) is 8.55. The van der Waals surface area contributed by atoms with Crippen molar-refractivity contribution < 1.29 is 4.74 Å². The largest absolute Gasteiger partial charge is 0.391 e. The molecule has 2 fully saturated rings. The van der Waals surface area contributed by atoms with Crippen molar-refractivity contribution in [2.24, 2.45) is 5.73 Å². The van der Waals surface area contributed by atoms with Crippen LogP contribution in [0.2, 0.25) is 0 Å². The fraction of sp³-hybridized carbons (Fsp3) is 0.875. The van der Waals surface area contributed by atoms with Crippen LogP contribution in [0.1, 0.15) is 12.8 Å².